The summed E-state index contributed by atoms with van der Waals surface area (Å²) in [7, 11) is 0. The topological polar surface area (TPSA) is 57.0 Å². The Hall–Kier alpha value is -1.41. The molecule has 1 aliphatic heterocycles. The number of nitrogens with zero attached hydrogens (tertiary/aromatic N) is 3. The fraction of sp³-hybridized carbons (Fsp3) is 0.545. The number of carbonyl (C=O) groups excluding carboxylic acids is 1. The number of nitriles is 1. The van der Waals surface area contributed by atoms with Crippen LogP contribution in [0, 0.1) is 24.2 Å². The first kappa shape index (κ1) is 11.1. The van der Waals surface area contributed by atoms with Crippen LogP contribution in [0.5, 0.6) is 0 Å². The number of aryl methyl sites for hydroxylation is 1. The number of hydrogen-bond acceptors (Lipinski definition) is 4. The van der Waals surface area contributed by atoms with Crippen LogP contribution in [0.1, 0.15) is 28.3 Å². The van der Waals surface area contributed by atoms with Crippen LogP contribution in [-0.2, 0) is 0 Å². The van der Waals surface area contributed by atoms with Gasteiger partial charge in [-0.05, 0) is 19.8 Å². The zero-order chi connectivity index (χ0) is 11.5. The zero-order valence-electron chi connectivity index (χ0n) is 9.14. The summed E-state index contributed by atoms with van der Waals surface area (Å²) >= 11 is 1.48. The van der Waals surface area contributed by atoms with E-state index in [0.29, 0.717) is 12.2 Å². The molecule has 0 radical (unpaired) electrons. The number of aromatic nitrogens is 1. The van der Waals surface area contributed by atoms with Gasteiger partial charge in [0.15, 0.2) is 0 Å². The second kappa shape index (κ2) is 4.62. The Morgan fingerprint density at radius 3 is 3.19 bits per heavy atom. The van der Waals surface area contributed by atoms with Crippen molar-refractivity contribution in [3.8, 4) is 6.07 Å². The van der Waals surface area contributed by atoms with Crippen molar-refractivity contribution in [3.63, 3.8) is 0 Å². The van der Waals surface area contributed by atoms with Gasteiger partial charge in [0.2, 0.25) is 0 Å². The van der Waals surface area contributed by atoms with E-state index in [1.165, 1.54) is 11.3 Å². The summed E-state index contributed by atoms with van der Waals surface area (Å²) in [5.41, 5.74) is 0.515. The molecule has 2 heterocycles. The molecule has 1 atom stereocenters. The highest BCUT2D eigenvalue weighted by atomic mass is 32.1. The molecule has 1 saturated heterocycles. The van der Waals surface area contributed by atoms with Gasteiger partial charge >= 0.3 is 0 Å². The van der Waals surface area contributed by atoms with Gasteiger partial charge in [-0.15, -0.1) is 11.3 Å². The van der Waals surface area contributed by atoms with Crippen LogP contribution < -0.4 is 0 Å². The van der Waals surface area contributed by atoms with E-state index in [9.17, 15) is 4.79 Å². The van der Waals surface area contributed by atoms with Crippen molar-refractivity contribution in [2.24, 2.45) is 5.92 Å². The molecular formula is C11H13N3OS. The maximum Gasteiger partial charge on any atom is 0.273 e. The third kappa shape index (κ3) is 2.22. The molecule has 0 saturated carbocycles. The molecule has 1 aliphatic rings. The molecule has 1 aromatic rings. The Labute approximate surface area is 98.5 Å². The van der Waals surface area contributed by atoms with E-state index >= 15 is 0 Å². The Kier molecular flexibility index (Phi) is 3.20. The predicted molar refractivity (Wildman–Crippen MR) is 61.1 cm³/mol. The normalized spacial score (nSPS) is 20.5. The van der Waals surface area contributed by atoms with Crippen LogP contribution in [0.3, 0.4) is 0 Å². The second-order valence-corrected chi connectivity index (χ2v) is 5.03. The summed E-state index contributed by atoms with van der Waals surface area (Å²) in [4.78, 5) is 18.0. The summed E-state index contributed by atoms with van der Waals surface area (Å²) in [6, 6.07) is 2.23. The zero-order valence-corrected chi connectivity index (χ0v) is 9.96. The monoisotopic (exact) mass is 235 g/mol. The first-order valence-electron chi connectivity index (χ1n) is 5.31. The van der Waals surface area contributed by atoms with E-state index in [2.05, 4.69) is 11.1 Å². The quantitative estimate of drug-likeness (QED) is 0.746. The largest absolute Gasteiger partial charge is 0.336 e. The van der Waals surface area contributed by atoms with Crippen LogP contribution in [0.15, 0.2) is 5.38 Å². The van der Waals surface area contributed by atoms with Crippen LogP contribution in [0.25, 0.3) is 0 Å². The molecular weight excluding hydrogens is 222 g/mol. The molecule has 5 heteroatoms. The van der Waals surface area contributed by atoms with E-state index < -0.39 is 0 Å². The van der Waals surface area contributed by atoms with Crippen molar-refractivity contribution in [2.75, 3.05) is 13.1 Å². The van der Waals surface area contributed by atoms with Gasteiger partial charge in [0.25, 0.3) is 5.91 Å². The average molecular weight is 235 g/mol. The highest BCUT2D eigenvalue weighted by Gasteiger charge is 2.25. The lowest BCUT2D eigenvalue weighted by atomic mass is 9.99. The Morgan fingerprint density at radius 2 is 2.56 bits per heavy atom. The molecule has 1 amide bonds. The molecule has 1 fully saturated rings. The summed E-state index contributed by atoms with van der Waals surface area (Å²) in [5, 5.41) is 11.5. The Morgan fingerprint density at radius 1 is 1.75 bits per heavy atom. The van der Waals surface area contributed by atoms with Crippen molar-refractivity contribution in [3.05, 3.63) is 16.1 Å². The van der Waals surface area contributed by atoms with Gasteiger partial charge in [-0.3, -0.25) is 4.79 Å². The van der Waals surface area contributed by atoms with Crippen molar-refractivity contribution < 1.29 is 4.79 Å². The molecule has 0 N–H and O–H groups in total. The molecule has 0 spiro atoms. The van der Waals surface area contributed by atoms with Gasteiger partial charge in [0.05, 0.1) is 17.0 Å². The standard InChI is InChI=1S/C11H13N3OS/c1-8-13-10(7-16-8)11(15)14-4-2-3-9(5-12)6-14/h7,9H,2-4,6H2,1H3. The lowest BCUT2D eigenvalue weighted by molar-refractivity contribution is 0.0693. The number of carbonyl (C=O) groups is 1. The van der Waals surface area contributed by atoms with Gasteiger partial charge in [-0.1, -0.05) is 0 Å². The first-order chi connectivity index (χ1) is 7.70. The van der Waals surface area contributed by atoms with Gasteiger partial charge in [-0.2, -0.15) is 5.26 Å². The summed E-state index contributed by atoms with van der Waals surface area (Å²) < 4.78 is 0. The fourth-order valence-corrected chi connectivity index (χ4v) is 2.48. The molecule has 1 aromatic heterocycles. The van der Waals surface area contributed by atoms with Crippen LogP contribution >= 0.6 is 11.3 Å². The maximum atomic E-state index is 12.0. The van der Waals surface area contributed by atoms with E-state index in [0.717, 1.165) is 24.4 Å². The SMILES string of the molecule is Cc1nc(C(=O)N2CCCC(C#N)C2)cs1. The predicted octanol–water partition coefficient (Wildman–Crippen LogP) is 1.83. The Balaban J connectivity index is 2.08. The van der Waals surface area contributed by atoms with E-state index in [1.807, 2.05) is 6.92 Å². The first-order valence-corrected chi connectivity index (χ1v) is 6.19. The fourth-order valence-electron chi connectivity index (χ4n) is 1.89. The minimum absolute atomic E-state index is 0.0163. The second-order valence-electron chi connectivity index (χ2n) is 3.97. The van der Waals surface area contributed by atoms with E-state index in [-0.39, 0.29) is 11.8 Å². The average Bonchev–Trinajstić information content (AvgIpc) is 2.75. The van der Waals surface area contributed by atoms with Crippen molar-refractivity contribution >= 4 is 17.2 Å². The molecule has 0 aromatic carbocycles. The number of thiazole rings is 1. The third-order valence-electron chi connectivity index (χ3n) is 2.73. The minimum atomic E-state index is -0.0377. The lowest BCUT2D eigenvalue weighted by Crippen LogP contribution is -2.39. The summed E-state index contributed by atoms with van der Waals surface area (Å²) in [5.74, 6) is -0.0540. The lowest BCUT2D eigenvalue weighted by Gasteiger charge is -2.28. The molecule has 2 rings (SSSR count). The van der Waals surface area contributed by atoms with E-state index in [4.69, 9.17) is 5.26 Å². The number of piperidine rings is 1. The van der Waals surface area contributed by atoms with Gasteiger partial charge < -0.3 is 4.90 Å². The smallest absolute Gasteiger partial charge is 0.273 e. The van der Waals surface area contributed by atoms with Crippen LogP contribution in [-0.4, -0.2) is 28.9 Å². The molecule has 4 nitrogen and oxygen atoms in total. The van der Waals surface area contributed by atoms with Gasteiger partial charge in [0, 0.05) is 18.5 Å². The summed E-state index contributed by atoms with van der Waals surface area (Å²) in [6.45, 7) is 3.18. The third-order valence-corrected chi connectivity index (χ3v) is 3.50. The number of rotatable bonds is 1. The van der Waals surface area contributed by atoms with Crippen molar-refractivity contribution in [1.29, 1.82) is 5.26 Å². The van der Waals surface area contributed by atoms with Gasteiger partial charge in [0.1, 0.15) is 5.69 Å². The highest BCUT2D eigenvalue weighted by Crippen LogP contribution is 2.18. The molecule has 0 bridgehead atoms. The molecule has 0 aliphatic carbocycles. The number of likely N-dealkylation sites (tertiary alicyclic amines) is 1. The van der Waals surface area contributed by atoms with Crippen molar-refractivity contribution in [2.45, 2.75) is 19.8 Å². The van der Waals surface area contributed by atoms with E-state index in [1.54, 1.807) is 10.3 Å². The Bertz CT molecular complexity index is 435. The highest BCUT2D eigenvalue weighted by molar-refractivity contribution is 7.09. The molecule has 1 unspecified atom stereocenters. The number of hydrogen-bond donors (Lipinski definition) is 0. The van der Waals surface area contributed by atoms with Crippen LogP contribution in [0.2, 0.25) is 0 Å². The summed E-state index contributed by atoms with van der Waals surface area (Å²) in [6.07, 6.45) is 1.81. The minimum Gasteiger partial charge on any atom is -0.336 e. The van der Waals surface area contributed by atoms with Crippen LogP contribution in [0.4, 0.5) is 0 Å². The van der Waals surface area contributed by atoms with Crippen molar-refractivity contribution in [1.82, 2.24) is 9.88 Å². The molecule has 84 valence electrons. The number of amides is 1. The molecule has 16 heavy (non-hydrogen) atoms. The van der Waals surface area contributed by atoms with Gasteiger partial charge in [-0.25, -0.2) is 4.98 Å². The maximum absolute atomic E-state index is 12.0.